The summed E-state index contributed by atoms with van der Waals surface area (Å²) in [5.41, 5.74) is 2.84. The van der Waals surface area contributed by atoms with E-state index in [0.717, 1.165) is 12.8 Å². The van der Waals surface area contributed by atoms with Gasteiger partial charge in [-0.15, -0.1) is 0 Å². The minimum Gasteiger partial charge on any atom is -0.496 e. The summed E-state index contributed by atoms with van der Waals surface area (Å²) in [6.07, 6.45) is 6.89. The molecule has 0 bridgehead atoms. The normalized spacial score (nSPS) is 17.6. The van der Waals surface area contributed by atoms with Gasteiger partial charge in [0.15, 0.2) is 0 Å². The topological polar surface area (TPSA) is 59.6 Å². The molecule has 5 heteroatoms. The molecule has 1 saturated carbocycles. The molecule has 1 aliphatic rings. The van der Waals surface area contributed by atoms with Crippen LogP contribution in [0.4, 0.5) is 4.39 Å². The highest BCUT2D eigenvalue weighted by Crippen LogP contribution is 2.24. The third kappa shape index (κ3) is 3.48. The molecule has 20 heavy (non-hydrogen) atoms. The van der Waals surface area contributed by atoms with Gasteiger partial charge in [-0.25, -0.2) is 10.2 Å². The van der Waals surface area contributed by atoms with Crippen molar-refractivity contribution in [3.05, 3.63) is 29.6 Å². The zero-order chi connectivity index (χ0) is 14.4. The van der Waals surface area contributed by atoms with E-state index < -0.39 is 0 Å². The number of rotatable bonds is 3. The SMILES string of the molecule is COc1cccc(F)c1C(=NC1CCCCCC1)NN. The minimum absolute atomic E-state index is 0.202. The molecule has 0 aromatic heterocycles. The van der Waals surface area contributed by atoms with Crippen LogP contribution in [0.1, 0.15) is 44.1 Å². The van der Waals surface area contributed by atoms with Gasteiger partial charge in [0.05, 0.1) is 18.7 Å². The van der Waals surface area contributed by atoms with E-state index in [1.54, 1.807) is 12.1 Å². The second-order valence-electron chi connectivity index (χ2n) is 5.08. The first kappa shape index (κ1) is 14.8. The lowest BCUT2D eigenvalue weighted by Crippen LogP contribution is -2.33. The molecule has 0 saturated heterocycles. The molecular formula is C15H22FN3O. The fourth-order valence-electron chi connectivity index (χ4n) is 2.65. The van der Waals surface area contributed by atoms with Crippen LogP contribution in [0.15, 0.2) is 23.2 Å². The quantitative estimate of drug-likeness (QED) is 0.294. The van der Waals surface area contributed by atoms with Crippen molar-refractivity contribution >= 4 is 5.84 Å². The molecule has 1 aromatic carbocycles. The number of halogens is 1. The molecule has 1 aromatic rings. The van der Waals surface area contributed by atoms with Gasteiger partial charge in [-0.2, -0.15) is 0 Å². The second kappa shape index (κ2) is 7.24. The lowest BCUT2D eigenvalue weighted by atomic mass is 10.1. The lowest BCUT2D eigenvalue weighted by Gasteiger charge is -2.15. The summed E-state index contributed by atoms with van der Waals surface area (Å²) in [5.74, 6) is 5.98. The van der Waals surface area contributed by atoms with Gasteiger partial charge in [-0.05, 0) is 25.0 Å². The van der Waals surface area contributed by atoms with Crippen LogP contribution in [0, 0.1) is 5.82 Å². The Morgan fingerprint density at radius 3 is 2.60 bits per heavy atom. The predicted molar refractivity (Wildman–Crippen MR) is 78.3 cm³/mol. The summed E-state index contributed by atoms with van der Waals surface area (Å²) in [6, 6.07) is 4.90. The third-order valence-corrected chi connectivity index (χ3v) is 3.71. The van der Waals surface area contributed by atoms with Gasteiger partial charge in [-0.3, -0.25) is 4.99 Å². The number of hydrogen-bond donors (Lipinski definition) is 2. The first-order valence-electron chi connectivity index (χ1n) is 7.13. The smallest absolute Gasteiger partial charge is 0.149 e. The van der Waals surface area contributed by atoms with E-state index in [-0.39, 0.29) is 11.9 Å². The van der Waals surface area contributed by atoms with Crippen LogP contribution in [0.3, 0.4) is 0 Å². The Labute approximate surface area is 119 Å². The standard InChI is InChI=1S/C15H22FN3O/c1-20-13-10-6-9-12(16)14(13)15(19-17)18-11-7-4-2-3-5-8-11/h6,9-11H,2-5,7-8,17H2,1H3,(H,18,19). The van der Waals surface area contributed by atoms with Crippen molar-refractivity contribution < 1.29 is 9.13 Å². The zero-order valence-corrected chi connectivity index (χ0v) is 11.9. The molecule has 0 spiro atoms. The van der Waals surface area contributed by atoms with Crippen molar-refractivity contribution in [1.29, 1.82) is 0 Å². The van der Waals surface area contributed by atoms with E-state index in [1.165, 1.54) is 38.9 Å². The number of nitrogens with one attached hydrogen (secondary N) is 1. The highest BCUT2D eigenvalue weighted by molar-refractivity contribution is 6.01. The second-order valence-corrected chi connectivity index (χ2v) is 5.08. The number of hydrogen-bond acceptors (Lipinski definition) is 3. The molecule has 0 heterocycles. The molecule has 1 fully saturated rings. The number of hydrazine groups is 1. The Hall–Kier alpha value is -1.62. The zero-order valence-electron chi connectivity index (χ0n) is 11.9. The van der Waals surface area contributed by atoms with Gasteiger partial charge < -0.3 is 10.2 Å². The van der Waals surface area contributed by atoms with Crippen molar-refractivity contribution in [3.63, 3.8) is 0 Å². The Bertz CT molecular complexity index is 468. The maximum absolute atomic E-state index is 14.1. The average molecular weight is 279 g/mol. The first-order valence-corrected chi connectivity index (χ1v) is 7.13. The summed E-state index contributed by atoms with van der Waals surface area (Å²) in [5, 5.41) is 0. The average Bonchev–Trinajstić information content (AvgIpc) is 2.73. The van der Waals surface area contributed by atoms with Gasteiger partial charge in [0.2, 0.25) is 0 Å². The maximum Gasteiger partial charge on any atom is 0.149 e. The van der Waals surface area contributed by atoms with Gasteiger partial charge in [0.1, 0.15) is 17.4 Å². The van der Waals surface area contributed by atoms with Crippen LogP contribution in [-0.2, 0) is 0 Å². The molecule has 1 aliphatic carbocycles. The Kier molecular flexibility index (Phi) is 5.35. The number of methoxy groups -OCH3 is 1. The molecule has 0 amide bonds. The number of benzene rings is 1. The van der Waals surface area contributed by atoms with Crippen molar-refractivity contribution in [3.8, 4) is 5.75 Å². The highest BCUT2D eigenvalue weighted by Gasteiger charge is 2.18. The number of nitrogens with zero attached hydrogens (tertiary/aromatic N) is 1. The van der Waals surface area contributed by atoms with E-state index >= 15 is 0 Å². The molecule has 3 N–H and O–H groups in total. The van der Waals surface area contributed by atoms with Crippen molar-refractivity contribution in [1.82, 2.24) is 5.43 Å². The Morgan fingerprint density at radius 1 is 1.30 bits per heavy atom. The summed E-state index contributed by atoms with van der Waals surface area (Å²) in [6.45, 7) is 0. The van der Waals surface area contributed by atoms with E-state index in [9.17, 15) is 4.39 Å². The van der Waals surface area contributed by atoms with Crippen LogP contribution in [0.25, 0.3) is 0 Å². The van der Waals surface area contributed by atoms with Crippen molar-refractivity contribution in [2.24, 2.45) is 10.8 Å². The number of aliphatic imine (C=N–C) groups is 1. The fraction of sp³-hybridized carbons (Fsp3) is 0.533. The van der Waals surface area contributed by atoms with Crippen molar-refractivity contribution in [2.45, 2.75) is 44.6 Å². The van der Waals surface area contributed by atoms with E-state index in [1.807, 2.05) is 0 Å². The minimum atomic E-state index is -0.380. The largest absolute Gasteiger partial charge is 0.496 e. The summed E-state index contributed by atoms with van der Waals surface area (Å²) < 4.78 is 19.3. The third-order valence-electron chi connectivity index (χ3n) is 3.71. The summed E-state index contributed by atoms with van der Waals surface area (Å²) in [4.78, 5) is 4.61. The molecule has 2 rings (SSSR count). The van der Waals surface area contributed by atoms with E-state index in [2.05, 4.69) is 10.4 Å². The van der Waals surface area contributed by atoms with Crippen LogP contribution >= 0.6 is 0 Å². The molecule has 0 aliphatic heterocycles. The monoisotopic (exact) mass is 279 g/mol. The maximum atomic E-state index is 14.1. The lowest BCUT2D eigenvalue weighted by molar-refractivity contribution is 0.409. The van der Waals surface area contributed by atoms with Crippen LogP contribution in [0.5, 0.6) is 5.75 Å². The van der Waals surface area contributed by atoms with Crippen LogP contribution in [0.2, 0.25) is 0 Å². The van der Waals surface area contributed by atoms with Crippen LogP contribution in [-0.4, -0.2) is 19.0 Å². The van der Waals surface area contributed by atoms with E-state index in [0.29, 0.717) is 17.1 Å². The summed E-state index contributed by atoms with van der Waals surface area (Å²) in [7, 11) is 1.51. The first-order chi connectivity index (χ1) is 9.76. The Morgan fingerprint density at radius 2 is 2.00 bits per heavy atom. The molecule has 0 atom stereocenters. The predicted octanol–water partition coefficient (Wildman–Crippen LogP) is 2.77. The van der Waals surface area contributed by atoms with Gasteiger partial charge in [0, 0.05) is 0 Å². The van der Waals surface area contributed by atoms with Crippen molar-refractivity contribution in [2.75, 3.05) is 7.11 Å². The molecule has 0 radical (unpaired) electrons. The molecule has 110 valence electrons. The fourth-order valence-corrected chi connectivity index (χ4v) is 2.65. The molecule has 4 nitrogen and oxygen atoms in total. The Balaban J connectivity index is 2.31. The highest BCUT2D eigenvalue weighted by atomic mass is 19.1. The number of amidine groups is 1. The van der Waals surface area contributed by atoms with Crippen LogP contribution < -0.4 is 16.0 Å². The molecular weight excluding hydrogens is 257 g/mol. The van der Waals surface area contributed by atoms with E-state index in [4.69, 9.17) is 10.6 Å². The van der Waals surface area contributed by atoms with Gasteiger partial charge >= 0.3 is 0 Å². The number of nitrogens with two attached hydrogens (primary N) is 1. The van der Waals surface area contributed by atoms with Gasteiger partial charge in [-0.1, -0.05) is 31.7 Å². The molecule has 0 unspecified atom stereocenters. The summed E-state index contributed by atoms with van der Waals surface area (Å²) >= 11 is 0. The van der Waals surface area contributed by atoms with Gasteiger partial charge in [0.25, 0.3) is 0 Å². The number of ether oxygens (including phenoxy) is 1.